The first kappa shape index (κ1) is 15.1. The molecule has 0 aliphatic rings. The van der Waals surface area contributed by atoms with Crippen LogP contribution in [0.3, 0.4) is 0 Å². The summed E-state index contributed by atoms with van der Waals surface area (Å²) in [4.78, 5) is 1.44. The topological polar surface area (TPSA) is 0 Å². The summed E-state index contributed by atoms with van der Waals surface area (Å²) in [6.07, 6.45) is 20.0. The Morgan fingerprint density at radius 3 is 2.69 bits per heavy atom. The van der Waals surface area contributed by atoms with Crippen LogP contribution >= 0.6 is 11.8 Å². The molecule has 0 heterocycles. The fourth-order valence-corrected chi connectivity index (χ4v) is 2.04. The van der Waals surface area contributed by atoms with Crippen molar-refractivity contribution in [2.45, 2.75) is 39.5 Å². The monoisotopic (exact) mass is 234 g/mol. The van der Waals surface area contributed by atoms with Crippen molar-refractivity contribution in [2.75, 3.05) is 5.75 Å². The van der Waals surface area contributed by atoms with Crippen LogP contribution < -0.4 is 0 Å². The molecule has 0 saturated carbocycles. The highest BCUT2D eigenvalue weighted by atomic mass is 32.2. The van der Waals surface area contributed by atoms with Crippen LogP contribution in [0.15, 0.2) is 35.3 Å². The Labute approximate surface area is 105 Å². The lowest BCUT2D eigenvalue weighted by atomic mass is 10.3. The lowest BCUT2D eigenvalue weighted by Gasteiger charge is -1.97. The van der Waals surface area contributed by atoms with Crippen LogP contribution in [0.4, 0.5) is 0 Å². The molecule has 0 aliphatic carbocycles. The zero-order chi connectivity index (χ0) is 12.1. The third-order valence-electron chi connectivity index (χ3n) is 1.95. The largest absolute Gasteiger partial charge is 0.131 e. The molecule has 0 saturated heterocycles. The Bertz CT molecular complexity index is 276. The maximum Gasteiger partial charge on any atom is 0.0267 e. The average Bonchev–Trinajstić information content (AvgIpc) is 2.27. The van der Waals surface area contributed by atoms with Gasteiger partial charge in [0.2, 0.25) is 0 Å². The molecular weight excluding hydrogens is 212 g/mol. The van der Waals surface area contributed by atoms with Crippen molar-refractivity contribution >= 4 is 11.8 Å². The Hall–Kier alpha value is -0.870. The summed E-state index contributed by atoms with van der Waals surface area (Å²) < 4.78 is 0. The fraction of sp³-hybridized carbons (Fsp3) is 0.467. The van der Waals surface area contributed by atoms with Gasteiger partial charge in [0.1, 0.15) is 0 Å². The van der Waals surface area contributed by atoms with Crippen LogP contribution in [0, 0.1) is 12.3 Å². The smallest absolute Gasteiger partial charge is 0.0267 e. The second kappa shape index (κ2) is 12.2. The minimum absolute atomic E-state index is 0.741. The van der Waals surface area contributed by atoms with E-state index in [2.05, 4.69) is 44.1 Å². The number of rotatable bonds is 8. The summed E-state index contributed by atoms with van der Waals surface area (Å²) in [6.45, 7) is 4.35. The van der Waals surface area contributed by atoms with Crippen LogP contribution in [0.1, 0.15) is 39.5 Å². The van der Waals surface area contributed by atoms with Crippen molar-refractivity contribution in [3.63, 3.8) is 0 Å². The number of terminal acetylenes is 1. The minimum atomic E-state index is 0.741. The van der Waals surface area contributed by atoms with E-state index in [1.807, 2.05) is 17.8 Å². The predicted octanol–water partition coefficient (Wildman–Crippen LogP) is 4.95. The molecule has 0 N–H and O–H groups in total. The minimum Gasteiger partial charge on any atom is -0.131 e. The Morgan fingerprint density at radius 1 is 1.25 bits per heavy atom. The molecule has 0 spiro atoms. The normalized spacial score (nSPS) is 12.4. The predicted molar refractivity (Wildman–Crippen MR) is 77.5 cm³/mol. The van der Waals surface area contributed by atoms with Crippen molar-refractivity contribution < 1.29 is 0 Å². The van der Waals surface area contributed by atoms with Crippen molar-refractivity contribution in [3.8, 4) is 12.3 Å². The molecule has 0 aromatic rings. The van der Waals surface area contributed by atoms with Gasteiger partial charge in [0.05, 0.1) is 0 Å². The van der Waals surface area contributed by atoms with Crippen LogP contribution in [-0.2, 0) is 0 Å². The van der Waals surface area contributed by atoms with Gasteiger partial charge in [-0.1, -0.05) is 37.3 Å². The lowest BCUT2D eigenvalue weighted by Crippen LogP contribution is -1.76. The highest BCUT2D eigenvalue weighted by molar-refractivity contribution is 8.03. The molecule has 0 unspecified atom stereocenters. The van der Waals surface area contributed by atoms with E-state index in [1.54, 1.807) is 0 Å². The standard InChI is InChI=1S/C15H22S/c1-4-6-7-8-9-10-11-12-14-16-15(3)13-5-2/h1,7-8,10-11,13H,5-6,9,12,14H2,2-3H3/b8-7-,11-10-,15-13-. The van der Waals surface area contributed by atoms with E-state index >= 15 is 0 Å². The van der Waals surface area contributed by atoms with E-state index in [0.717, 1.165) is 25.7 Å². The highest BCUT2D eigenvalue weighted by Crippen LogP contribution is 2.16. The van der Waals surface area contributed by atoms with Crippen LogP contribution in [0.25, 0.3) is 0 Å². The van der Waals surface area contributed by atoms with Gasteiger partial charge in [0, 0.05) is 12.2 Å². The summed E-state index contributed by atoms with van der Waals surface area (Å²) in [7, 11) is 0. The Morgan fingerprint density at radius 2 is 2.00 bits per heavy atom. The van der Waals surface area contributed by atoms with Gasteiger partial charge < -0.3 is 0 Å². The van der Waals surface area contributed by atoms with Crippen molar-refractivity contribution in [3.05, 3.63) is 35.3 Å². The average molecular weight is 234 g/mol. The summed E-state index contributed by atoms with van der Waals surface area (Å²) in [5.74, 6) is 3.76. The molecule has 0 radical (unpaired) electrons. The first-order valence-corrected chi connectivity index (χ1v) is 6.82. The number of thioether (sulfide) groups is 1. The maximum atomic E-state index is 5.13. The molecule has 0 nitrogen and oxygen atoms in total. The first-order valence-electron chi connectivity index (χ1n) is 5.84. The van der Waals surface area contributed by atoms with E-state index in [-0.39, 0.29) is 0 Å². The van der Waals surface area contributed by atoms with Gasteiger partial charge in [0.15, 0.2) is 0 Å². The molecule has 0 aromatic heterocycles. The molecule has 0 fully saturated rings. The molecule has 88 valence electrons. The highest BCUT2D eigenvalue weighted by Gasteiger charge is 1.87. The summed E-state index contributed by atoms with van der Waals surface area (Å²) in [5.41, 5.74) is 0. The van der Waals surface area contributed by atoms with Gasteiger partial charge in [-0.25, -0.2) is 0 Å². The van der Waals surface area contributed by atoms with E-state index in [1.165, 1.54) is 10.7 Å². The Balaban J connectivity index is 3.42. The van der Waals surface area contributed by atoms with Crippen molar-refractivity contribution in [1.29, 1.82) is 0 Å². The van der Waals surface area contributed by atoms with Crippen LogP contribution in [0.5, 0.6) is 0 Å². The zero-order valence-corrected chi connectivity index (χ0v) is 11.2. The second-order valence-electron chi connectivity index (χ2n) is 3.45. The van der Waals surface area contributed by atoms with Crippen molar-refractivity contribution in [1.82, 2.24) is 0 Å². The van der Waals surface area contributed by atoms with Gasteiger partial charge in [-0.3, -0.25) is 0 Å². The summed E-state index contributed by atoms with van der Waals surface area (Å²) >= 11 is 1.94. The van der Waals surface area contributed by atoms with Crippen molar-refractivity contribution in [2.24, 2.45) is 0 Å². The molecule has 0 rings (SSSR count). The number of hydrogen-bond donors (Lipinski definition) is 0. The molecule has 1 heteroatoms. The van der Waals surface area contributed by atoms with E-state index in [4.69, 9.17) is 6.42 Å². The quantitative estimate of drug-likeness (QED) is 0.325. The van der Waals surface area contributed by atoms with E-state index in [9.17, 15) is 0 Å². The van der Waals surface area contributed by atoms with Gasteiger partial charge in [-0.05, 0) is 31.1 Å². The molecule has 16 heavy (non-hydrogen) atoms. The molecule has 0 atom stereocenters. The van der Waals surface area contributed by atoms with Gasteiger partial charge in [-0.15, -0.1) is 24.1 Å². The van der Waals surface area contributed by atoms with E-state index in [0.29, 0.717) is 0 Å². The lowest BCUT2D eigenvalue weighted by molar-refractivity contribution is 1.20. The van der Waals surface area contributed by atoms with Gasteiger partial charge in [0.25, 0.3) is 0 Å². The maximum absolute atomic E-state index is 5.13. The molecular formula is C15H22S. The first-order chi connectivity index (χ1) is 7.81. The van der Waals surface area contributed by atoms with E-state index < -0.39 is 0 Å². The SMILES string of the molecule is C#CC/C=C\C/C=C\CCS/C(C)=C\CC. The van der Waals surface area contributed by atoms with Gasteiger partial charge in [-0.2, -0.15) is 0 Å². The fourth-order valence-electron chi connectivity index (χ4n) is 1.17. The number of hydrogen-bond acceptors (Lipinski definition) is 1. The zero-order valence-electron chi connectivity index (χ0n) is 10.4. The molecule has 0 aromatic carbocycles. The third kappa shape index (κ3) is 11.2. The molecule has 0 aliphatic heterocycles. The van der Waals surface area contributed by atoms with Crippen LogP contribution in [-0.4, -0.2) is 5.75 Å². The molecule has 0 bridgehead atoms. The summed E-state index contributed by atoms with van der Waals surface area (Å²) in [6, 6.07) is 0. The molecule has 0 amide bonds. The summed E-state index contributed by atoms with van der Waals surface area (Å²) in [5, 5.41) is 0. The third-order valence-corrected chi connectivity index (χ3v) is 3.01. The second-order valence-corrected chi connectivity index (χ2v) is 4.79. The Kier molecular flexibility index (Phi) is 11.5. The van der Waals surface area contributed by atoms with Crippen LogP contribution in [0.2, 0.25) is 0 Å². The van der Waals surface area contributed by atoms with Gasteiger partial charge >= 0.3 is 0 Å². The number of allylic oxidation sites excluding steroid dienone is 6.